The highest BCUT2D eigenvalue weighted by Crippen LogP contribution is 2.23. The molecule has 0 aromatic heterocycles. The minimum atomic E-state index is -0.291. The summed E-state index contributed by atoms with van der Waals surface area (Å²) in [4.78, 5) is 12.0. The van der Waals surface area contributed by atoms with Crippen molar-refractivity contribution in [1.82, 2.24) is 16.2 Å². The van der Waals surface area contributed by atoms with E-state index in [1.807, 2.05) is 12.1 Å². The van der Waals surface area contributed by atoms with Crippen molar-refractivity contribution in [1.29, 1.82) is 0 Å². The van der Waals surface area contributed by atoms with E-state index in [-0.39, 0.29) is 23.3 Å². The van der Waals surface area contributed by atoms with Gasteiger partial charge in [0.15, 0.2) is 5.11 Å². The van der Waals surface area contributed by atoms with E-state index in [1.54, 1.807) is 32.4 Å². The monoisotopic (exact) mass is 391 g/mol. The first-order valence-corrected chi connectivity index (χ1v) is 8.70. The number of aryl methyl sites for hydroxylation is 1. The fourth-order valence-electron chi connectivity index (χ4n) is 2.29. The van der Waals surface area contributed by atoms with E-state index in [0.29, 0.717) is 24.5 Å². The Balaban J connectivity index is 1.72. The van der Waals surface area contributed by atoms with E-state index in [0.717, 1.165) is 11.1 Å². The van der Waals surface area contributed by atoms with Crippen molar-refractivity contribution in [3.05, 3.63) is 59.4 Å². The second-order valence-electron chi connectivity index (χ2n) is 5.70. The van der Waals surface area contributed by atoms with Crippen LogP contribution in [0.15, 0.2) is 42.5 Å². The number of benzene rings is 2. The Morgan fingerprint density at radius 3 is 2.22 bits per heavy atom. The Bertz CT molecular complexity index is 762. The van der Waals surface area contributed by atoms with Gasteiger partial charge in [-0.3, -0.25) is 15.6 Å². The summed E-state index contributed by atoms with van der Waals surface area (Å²) in [5.74, 6) is 0.853. The largest absolute Gasteiger partial charge is 0.497 e. The first kappa shape index (κ1) is 20.4. The lowest BCUT2D eigenvalue weighted by molar-refractivity contribution is -0.121. The van der Waals surface area contributed by atoms with Crippen LogP contribution in [0, 0.1) is 5.82 Å². The van der Waals surface area contributed by atoms with Crippen molar-refractivity contribution in [3.8, 4) is 11.5 Å². The Morgan fingerprint density at radius 2 is 1.63 bits per heavy atom. The Hall–Kier alpha value is -2.87. The van der Waals surface area contributed by atoms with Crippen LogP contribution in [0.25, 0.3) is 0 Å². The summed E-state index contributed by atoms with van der Waals surface area (Å²) in [7, 11) is 3.16. The Labute approximate surface area is 163 Å². The summed E-state index contributed by atoms with van der Waals surface area (Å²) in [5, 5.41) is 3.20. The quantitative estimate of drug-likeness (QED) is 0.498. The van der Waals surface area contributed by atoms with Crippen LogP contribution in [0.5, 0.6) is 11.5 Å². The van der Waals surface area contributed by atoms with Crippen molar-refractivity contribution in [2.75, 3.05) is 14.2 Å². The highest BCUT2D eigenvalue weighted by molar-refractivity contribution is 7.80. The van der Waals surface area contributed by atoms with E-state index < -0.39 is 0 Å². The lowest BCUT2D eigenvalue weighted by Crippen LogP contribution is -2.46. The maximum atomic E-state index is 12.9. The lowest BCUT2D eigenvalue weighted by atomic mass is 10.1. The van der Waals surface area contributed by atoms with Crippen LogP contribution in [0.3, 0.4) is 0 Å². The van der Waals surface area contributed by atoms with Crippen molar-refractivity contribution >= 4 is 23.2 Å². The molecule has 1 amide bonds. The molecule has 144 valence electrons. The number of hydrazine groups is 1. The number of carbonyl (C=O) groups excluding carboxylic acids is 1. The highest BCUT2D eigenvalue weighted by atomic mass is 32.1. The van der Waals surface area contributed by atoms with Crippen LogP contribution in [0.2, 0.25) is 0 Å². The predicted octanol–water partition coefficient (Wildman–Crippen LogP) is 2.47. The molecule has 0 saturated carbocycles. The summed E-state index contributed by atoms with van der Waals surface area (Å²) in [6, 6.07) is 11.6. The molecule has 2 aromatic carbocycles. The molecule has 3 N–H and O–H groups in total. The highest BCUT2D eigenvalue weighted by Gasteiger charge is 2.06. The van der Waals surface area contributed by atoms with Crippen LogP contribution in [0.1, 0.15) is 17.5 Å². The zero-order chi connectivity index (χ0) is 19.6. The number of carbonyl (C=O) groups is 1. The third-order valence-electron chi connectivity index (χ3n) is 3.73. The molecule has 0 aliphatic heterocycles. The number of hydrogen-bond acceptors (Lipinski definition) is 4. The van der Waals surface area contributed by atoms with Crippen molar-refractivity contribution in [2.45, 2.75) is 19.4 Å². The molecule has 0 bridgehead atoms. The molecule has 6 nitrogen and oxygen atoms in total. The second-order valence-corrected chi connectivity index (χ2v) is 6.11. The van der Waals surface area contributed by atoms with Gasteiger partial charge in [0.1, 0.15) is 17.3 Å². The molecule has 0 radical (unpaired) electrons. The molecule has 0 aliphatic rings. The molecule has 2 aromatic rings. The van der Waals surface area contributed by atoms with Gasteiger partial charge in [-0.05, 0) is 54.0 Å². The molecule has 0 spiro atoms. The number of halogens is 1. The van der Waals surface area contributed by atoms with Crippen LogP contribution < -0.4 is 25.6 Å². The molecular weight excluding hydrogens is 369 g/mol. The number of hydrogen-bond donors (Lipinski definition) is 3. The minimum absolute atomic E-state index is 0.206. The van der Waals surface area contributed by atoms with Gasteiger partial charge in [0.05, 0.1) is 14.2 Å². The fraction of sp³-hybridized carbons (Fsp3) is 0.263. The van der Waals surface area contributed by atoms with Crippen LogP contribution in [-0.4, -0.2) is 25.2 Å². The third kappa shape index (κ3) is 7.10. The van der Waals surface area contributed by atoms with Gasteiger partial charge in [-0.25, -0.2) is 4.39 Å². The molecule has 0 aliphatic carbocycles. The summed E-state index contributed by atoms with van der Waals surface area (Å²) in [5.41, 5.74) is 6.99. The molecule has 27 heavy (non-hydrogen) atoms. The van der Waals surface area contributed by atoms with Gasteiger partial charge in [0.25, 0.3) is 0 Å². The van der Waals surface area contributed by atoms with E-state index in [4.69, 9.17) is 21.7 Å². The van der Waals surface area contributed by atoms with Gasteiger partial charge < -0.3 is 14.8 Å². The number of amides is 1. The van der Waals surface area contributed by atoms with Gasteiger partial charge in [0.2, 0.25) is 5.91 Å². The molecule has 0 unspecified atom stereocenters. The molecule has 0 heterocycles. The number of ether oxygens (including phenoxy) is 2. The molecule has 2 rings (SSSR count). The molecule has 0 saturated heterocycles. The van der Waals surface area contributed by atoms with Gasteiger partial charge in [-0.15, -0.1) is 0 Å². The van der Waals surface area contributed by atoms with Crippen molar-refractivity contribution in [2.24, 2.45) is 0 Å². The first-order valence-electron chi connectivity index (χ1n) is 8.29. The summed E-state index contributed by atoms with van der Waals surface area (Å²) >= 11 is 5.10. The maximum absolute atomic E-state index is 12.9. The molecule has 0 atom stereocenters. The van der Waals surface area contributed by atoms with Crippen LogP contribution in [-0.2, 0) is 17.8 Å². The van der Waals surface area contributed by atoms with Gasteiger partial charge in [-0.1, -0.05) is 12.1 Å². The van der Waals surface area contributed by atoms with E-state index in [1.165, 1.54) is 12.1 Å². The molecule has 0 fully saturated rings. The van der Waals surface area contributed by atoms with E-state index >= 15 is 0 Å². The SMILES string of the molecule is COc1cc(CCC(=O)NNC(=S)NCc2ccc(F)cc2)cc(OC)c1. The topological polar surface area (TPSA) is 71.6 Å². The summed E-state index contributed by atoms with van der Waals surface area (Å²) in [6.45, 7) is 0.422. The maximum Gasteiger partial charge on any atom is 0.238 e. The van der Waals surface area contributed by atoms with Gasteiger partial charge in [-0.2, -0.15) is 0 Å². The standard InChI is InChI=1S/C19H22FN3O3S/c1-25-16-9-14(10-17(11-16)26-2)5-8-18(24)22-23-19(27)21-12-13-3-6-15(20)7-4-13/h3-4,6-7,9-11H,5,8,12H2,1-2H3,(H,22,24)(H2,21,23,27). The number of thiocarbonyl (C=S) groups is 1. The summed E-state index contributed by atoms with van der Waals surface area (Å²) in [6.07, 6.45) is 0.792. The van der Waals surface area contributed by atoms with E-state index in [2.05, 4.69) is 16.2 Å². The summed E-state index contributed by atoms with van der Waals surface area (Å²) < 4.78 is 23.3. The minimum Gasteiger partial charge on any atom is -0.497 e. The van der Waals surface area contributed by atoms with Gasteiger partial charge >= 0.3 is 0 Å². The van der Waals surface area contributed by atoms with Crippen molar-refractivity contribution in [3.63, 3.8) is 0 Å². The molecule has 8 heteroatoms. The Morgan fingerprint density at radius 1 is 1.00 bits per heavy atom. The van der Waals surface area contributed by atoms with Crippen LogP contribution >= 0.6 is 12.2 Å². The lowest BCUT2D eigenvalue weighted by Gasteiger charge is -2.12. The number of rotatable bonds is 7. The average Bonchev–Trinajstić information content (AvgIpc) is 2.69. The smallest absolute Gasteiger partial charge is 0.238 e. The normalized spacial score (nSPS) is 10.0. The average molecular weight is 391 g/mol. The predicted molar refractivity (Wildman–Crippen MR) is 105 cm³/mol. The van der Waals surface area contributed by atoms with Crippen molar-refractivity contribution < 1.29 is 18.7 Å². The zero-order valence-electron chi connectivity index (χ0n) is 15.2. The zero-order valence-corrected chi connectivity index (χ0v) is 16.0. The van der Waals surface area contributed by atoms with Gasteiger partial charge in [0, 0.05) is 19.0 Å². The second kappa shape index (κ2) is 10.3. The molecular formula is C19H22FN3O3S. The fourth-order valence-corrected chi connectivity index (χ4v) is 2.41. The Kier molecular flexibility index (Phi) is 7.81. The number of methoxy groups -OCH3 is 2. The number of nitrogens with one attached hydrogen (secondary N) is 3. The third-order valence-corrected chi connectivity index (χ3v) is 3.98. The van der Waals surface area contributed by atoms with E-state index in [9.17, 15) is 9.18 Å². The van der Waals surface area contributed by atoms with Crippen LogP contribution in [0.4, 0.5) is 4.39 Å². The first-order chi connectivity index (χ1) is 13.0.